The van der Waals surface area contributed by atoms with E-state index in [4.69, 9.17) is 16.3 Å². The van der Waals surface area contributed by atoms with Gasteiger partial charge in [0.2, 0.25) is 5.88 Å². The second kappa shape index (κ2) is 9.03. The van der Waals surface area contributed by atoms with E-state index in [0.29, 0.717) is 45.3 Å². The van der Waals surface area contributed by atoms with Gasteiger partial charge >= 0.3 is 0 Å². The lowest BCUT2D eigenvalue weighted by molar-refractivity contribution is -0.112. The Kier molecular flexibility index (Phi) is 6.16. The van der Waals surface area contributed by atoms with Gasteiger partial charge in [0.05, 0.1) is 18.2 Å². The zero-order chi connectivity index (χ0) is 23.7. The number of ether oxygens (including phenoxy) is 1. The van der Waals surface area contributed by atoms with Crippen molar-refractivity contribution in [3.63, 3.8) is 0 Å². The standard InChI is InChI=1S/C25H21ClFN3O3/c1-14-10-19-21(12-20(14)27)30(13-16-4-6-17(26)7-5-16)15(2)23(19)24(31)25(32)29-18-8-9-28-22(11-18)33-3/h4-12H,13H2,1-3H3,(H,28,29,32). The van der Waals surface area contributed by atoms with Gasteiger partial charge in [-0.15, -0.1) is 0 Å². The SMILES string of the molecule is COc1cc(NC(=O)C(=O)c2c(C)n(Cc3ccc(Cl)cc3)c3cc(F)c(C)cc23)ccn1. The van der Waals surface area contributed by atoms with Gasteiger partial charge in [0.15, 0.2) is 0 Å². The summed E-state index contributed by atoms with van der Waals surface area (Å²) in [5.41, 5.74) is 3.03. The molecular weight excluding hydrogens is 445 g/mol. The zero-order valence-electron chi connectivity index (χ0n) is 18.3. The Morgan fingerprint density at radius 1 is 1.12 bits per heavy atom. The lowest BCUT2D eigenvalue weighted by Gasteiger charge is -2.10. The fraction of sp³-hybridized carbons (Fsp3) is 0.160. The van der Waals surface area contributed by atoms with Crippen LogP contribution in [0.25, 0.3) is 10.9 Å². The van der Waals surface area contributed by atoms with Gasteiger partial charge in [-0.3, -0.25) is 9.59 Å². The lowest BCUT2D eigenvalue weighted by Crippen LogP contribution is -2.23. The smallest absolute Gasteiger partial charge is 0.296 e. The van der Waals surface area contributed by atoms with Crippen LogP contribution >= 0.6 is 11.6 Å². The summed E-state index contributed by atoms with van der Waals surface area (Å²) in [5.74, 6) is -1.60. The number of aryl methyl sites for hydroxylation is 1. The van der Waals surface area contributed by atoms with Gasteiger partial charge in [-0.25, -0.2) is 9.37 Å². The Morgan fingerprint density at radius 3 is 2.55 bits per heavy atom. The summed E-state index contributed by atoms with van der Waals surface area (Å²) in [7, 11) is 1.46. The molecule has 168 valence electrons. The number of nitrogens with zero attached hydrogens (tertiary/aromatic N) is 2. The predicted octanol–water partition coefficient (Wildman–Crippen LogP) is 5.32. The third-order valence-corrected chi connectivity index (χ3v) is 5.74. The van der Waals surface area contributed by atoms with Crippen molar-refractivity contribution in [2.24, 2.45) is 0 Å². The molecule has 0 aliphatic heterocycles. The van der Waals surface area contributed by atoms with Crippen molar-refractivity contribution >= 4 is 39.9 Å². The maximum Gasteiger partial charge on any atom is 0.296 e. The number of methoxy groups -OCH3 is 1. The van der Waals surface area contributed by atoms with Gasteiger partial charge in [-0.05, 0) is 55.3 Å². The molecule has 0 saturated carbocycles. The highest BCUT2D eigenvalue weighted by atomic mass is 35.5. The molecule has 0 atom stereocenters. The van der Waals surface area contributed by atoms with E-state index < -0.39 is 11.7 Å². The first-order valence-corrected chi connectivity index (χ1v) is 10.6. The number of rotatable bonds is 6. The molecule has 0 saturated heterocycles. The molecule has 4 aromatic rings. The minimum absolute atomic E-state index is 0.237. The van der Waals surface area contributed by atoms with Crippen molar-refractivity contribution in [1.82, 2.24) is 9.55 Å². The summed E-state index contributed by atoms with van der Waals surface area (Å²) in [5, 5.41) is 3.72. The molecule has 0 spiro atoms. The van der Waals surface area contributed by atoms with Crippen molar-refractivity contribution < 1.29 is 18.7 Å². The van der Waals surface area contributed by atoms with Crippen LogP contribution in [0, 0.1) is 19.7 Å². The van der Waals surface area contributed by atoms with Crippen LogP contribution in [0.4, 0.5) is 10.1 Å². The lowest BCUT2D eigenvalue weighted by atomic mass is 10.0. The van der Waals surface area contributed by atoms with Crippen LogP contribution in [0.1, 0.15) is 27.2 Å². The van der Waals surface area contributed by atoms with Crippen molar-refractivity contribution in [2.45, 2.75) is 20.4 Å². The number of anilines is 1. The number of carbonyl (C=O) groups is 2. The predicted molar refractivity (Wildman–Crippen MR) is 126 cm³/mol. The highest BCUT2D eigenvalue weighted by molar-refractivity contribution is 6.48. The minimum Gasteiger partial charge on any atom is -0.481 e. The number of nitrogens with one attached hydrogen (secondary N) is 1. The molecule has 2 heterocycles. The number of pyridine rings is 1. The Hall–Kier alpha value is -3.71. The molecule has 33 heavy (non-hydrogen) atoms. The van der Waals surface area contributed by atoms with Crippen molar-refractivity contribution in [2.75, 3.05) is 12.4 Å². The molecule has 2 aromatic heterocycles. The van der Waals surface area contributed by atoms with E-state index >= 15 is 0 Å². The first-order valence-electron chi connectivity index (χ1n) is 10.2. The maximum atomic E-state index is 14.5. The van der Waals surface area contributed by atoms with Gasteiger partial charge in [0.25, 0.3) is 11.7 Å². The largest absolute Gasteiger partial charge is 0.481 e. The summed E-state index contributed by atoms with van der Waals surface area (Å²) in [6.45, 7) is 3.76. The van der Waals surface area contributed by atoms with E-state index in [2.05, 4.69) is 10.3 Å². The van der Waals surface area contributed by atoms with Gasteiger partial charge in [0, 0.05) is 40.6 Å². The van der Waals surface area contributed by atoms with Crippen LogP contribution in [0.15, 0.2) is 54.7 Å². The number of halogens is 2. The Bertz CT molecular complexity index is 1380. The molecule has 1 N–H and O–H groups in total. The Balaban J connectivity index is 1.76. The Morgan fingerprint density at radius 2 is 1.85 bits per heavy atom. The van der Waals surface area contributed by atoms with E-state index in [-0.39, 0.29) is 11.4 Å². The first-order chi connectivity index (χ1) is 15.8. The van der Waals surface area contributed by atoms with E-state index in [1.807, 2.05) is 16.7 Å². The van der Waals surface area contributed by atoms with Crippen LogP contribution in [0.2, 0.25) is 5.02 Å². The number of hydrogen-bond acceptors (Lipinski definition) is 4. The van der Waals surface area contributed by atoms with Gasteiger partial charge in [-0.1, -0.05) is 23.7 Å². The third kappa shape index (κ3) is 4.45. The molecule has 0 bridgehead atoms. The number of carbonyl (C=O) groups excluding carboxylic acids is 2. The number of hydrogen-bond donors (Lipinski definition) is 1. The number of fused-ring (bicyclic) bond motifs is 1. The minimum atomic E-state index is -0.807. The molecule has 0 aliphatic rings. The summed E-state index contributed by atoms with van der Waals surface area (Å²) in [6.07, 6.45) is 1.47. The molecule has 6 nitrogen and oxygen atoms in total. The van der Waals surface area contributed by atoms with Crippen LogP contribution < -0.4 is 10.1 Å². The van der Waals surface area contributed by atoms with Gasteiger partial charge in [0.1, 0.15) is 5.82 Å². The van der Waals surface area contributed by atoms with Gasteiger partial charge in [-0.2, -0.15) is 0 Å². The van der Waals surface area contributed by atoms with Crippen LogP contribution in [-0.4, -0.2) is 28.4 Å². The van der Waals surface area contributed by atoms with E-state index in [1.54, 1.807) is 38.1 Å². The monoisotopic (exact) mass is 465 g/mol. The molecule has 8 heteroatoms. The number of ketones is 1. The first kappa shape index (κ1) is 22.5. The second-order valence-electron chi connectivity index (χ2n) is 7.66. The molecule has 0 aliphatic carbocycles. The summed E-state index contributed by atoms with van der Waals surface area (Å²) in [4.78, 5) is 30.1. The molecule has 4 rings (SSSR count). The molecular formula is C25H21ClFN3O3. The number of aromatic nitrogens is 2. The van der Waals surface area contributed by atoms with Crippen molar-refractivity contribution in [3.05, 3.63) is 88.0 Å². The number of Topliss-reactive ketones (excluding diaryl/α,β-unsaturated/α-hetero) is 1. The van der Waals surface area contributed by atoms with E-state index in [9.17, 15) is 14.0 Å². The molecule has 1 amide bonds. The second-order valence-corrected chi connectivity index (χ2v) is 8.10. The third-order valence-electron chi connectivity index (χ3n) is 5.49. The average Bonchev–Trinajstić information content (AvgIpc) is 3.05. The fourth-order valence-electron chi connectivity index (χ4n) is 3.77. The zero-order valence-corrected chi connectivity index (χ0v) is 19.0. The average molecular weight is 466 g/mol. The van der Waals surface area contributed by atoms with Crippen molar-refractivity contribution in [3.8, 4) is 5.88 Å². The van der Waals surface area contributed by atoms with E-state index in [1.165, 1.54) is 25.4 Å². The van der Waals surface area contributed by atoms with E-state index in [0.717, 1.165) is 5.56 Å². The highest BCUT2D eigenvalue weighted by Crippen LogP contribution is 2.30. The highest BCUT2D eigenvalue weighted by Gasteiger charge is 2.26. The van der Waals surface area contributed by atoms with Crippen LogP contribution in [0.3, 0.4) is 0 Å². The summed E-state index contributed by atoms with van der Waals surface area (Å²) >= 11 is 5.99. The fourth-order valence-corrected chi connectivity index (χ4v) is 3.89. The van der Waals surface area contributed by atoms with Crippen LogP contribution in [0.5, 0.6) is 5.88 Å². The van der Waals surface area contributed by atoms with Gasteiger partial charge < -0.3 is 14.6 Å². The summed E-state index contributed by atoms with van der Waals surface area (Å²) in [6, 6.07) is 13.3. The topological polar surface area (TPSA) is 73.2 Å². The summed E-state index contributed by atoms with van der Waals surface area (Å²) < 4.78 is 21.4. The van der Waals surface area contributed by atoms with Crippen molar-refractivity contribution in [1.29, 1.82) is 0 Å². The molecule has 2 aromatic carbocycles. The van der Waals surface area contributed by atoms with Crippen LogP contribution in [-0.2, 0) is 11.3 Å². The molecule has 0 radical (unpaired) electrons. The molecule has 0 fully saturated rings. The Labute approximate surface area is 195 Å². The number of amides is 1. The maximum absolute atomic E-state index is 14.5. The normalized spacial score (nSPS) is 10.9. The molecule has 0 unspecified atom stereocenters. The quantitative estimate of drug-likeness (QED) is 0.309. The number of benzene rings is 2.